The molecule has 0 radical (unpaired) electrons. The summed E-state index contributed by atoms with van der Waals surface area (Å²) >= 11 is 1.42. The maximum absolute atomic E-state index is 11.2. The van der Waals surface area contributed by atoms with Gasteiger partial charge in [0, 0.05) is 18.0 Å². The molecule has 0 bridgehead atoms. The topological polar surface area (TPSA) is 66.0 Å². The van der Waals surface area contributed by atoms with E-state index in [9.17, 15) is 4.79 Å². The van der Waals surface area contributed by atoms with E-state index in [1.807, 2.05) is 26.3 Å². The van der Waals surface area contributed by atoms with Crippen LogP contribution in [-0.4, -0.2) is 24.6 Å². The van der Waals surface area contributed by atoms with Gasteiger partial charge in [0.05, 0.1) is 5.69 Å². The molecule has 0 fully saturated rings. The monoisotopic (exact) mass is 228 g/mol. The predicted octanol–water partition coefficient (Wildman–Crippen LogP) is 1.56. The average Bonchev–Trinajstić information content (AvgIpc) is 2.65. The van der Waals surface area contributed by atoms with Gasteiger partial charge in [0.25, 0.3) is 0 Å². The zero-order chi connectivity index (χ0) is 11.3. The lowest BCUT2D eigenvalue weighted by atomic mass is 10.3. The molecule has 0 spiro atoms. The van der Waals surface area contributed by atoms with Crippen LogP contribution in [0.15, 0.2) is 5.38 Å². The Hall–Kier alpha value is -1.14. The maximum atomic E-state index is 11.2. The van der Waals surface area contributed by atoms with Crippen molar-refractivity contribution in [3.8, 4) is 0 Å². The Morgan fingerprint density at radius 2 is 2.40 bits per heavy atom. The Bertz CT molecular complexity index is 326. The average molecular weight is 228 g/mol. The van der Waals surface area contributed by atoms with Crippen LogP contribution in [0.25, 0.3) is 0 Å². The van der Waals surface area contributed by atoms with Crippen molar-refractivity contribution in [3.63, 3.8) is 0 Å². The molecular weight excluding hydrogens is 212 g/mol. The summed E-state index contributed by atoms with van der Waals surface area (Å²) in [6.45, 7) is 4.50. The van der Waals surface area contributed by atoms with E-state index in [1.54, 1.807) is 0 Å². The quantitative estimate of drug-likeness (QED) is 0.732. The summed E-state index contributed by atoms with van der Waals surface area (Å²) < 4.78 is 0. The first-order valence-corrected chi connectivity index (χ1v) is 5.72. The van der Waals surface area contributed by atoms with Gasteiger partial charge in [-0.05, 0) is 20.9 Å². The molecule has 0 aliphatic rings. The summed E-state index contributed by atoms with van der Waals surface area (Å²) in [5.41, 5.74) is 0.939. The number of urea groups is 1. The number of amides is 2. The second-order valence-corrected chi connectivity index (χ2v) is 3.93. The van der Waals surface area contributed by atoms with E-state index >= 15 is 0 Å². The van der Waals surface area contributed by atoms with Crippen molar-refractivity contribution in [2.45, 2.75) is 19.9 Å². The van der Waals surface area contributed by atoms with Gasteiger partial charge < -0.3 is 10.6 Å². The molecule has 6 heteroatoms. The van der Waals surface area contributed by atoms with E-state index in [0.717, 1.165) is 5.69 Å². The van der Waals surface area contributed by atoms with Crippen molar-refractivity contribution in [2.75, 3.05) is 18.9 Å². The first kappa shape index (κ1) is 11.9. The summed E-state index contributed by atoms with van der Waals surface area (Å²) in [6.07, 6.45) is 0. The molecule has 0 aromatic carbocycles. The molecule has 1 heterocycles. The van der Waals surface area contributed by atoms with Crippen molar-refractivity contribution >= 4 is 22.5 Å². The molecular formula is C9H16N4OS. The van der Waals surface area contributed by atoms with Gasteiger partial charge in [0.1, 0.15) is 0 Å². The number of nitrogens with one attached hydrogen (secondary N) is 3. The van der Waals surface area contributed by atoms with Crippen LogP contribution in [0.3, 0.4) is 0 Å². The van der Waals surface area contributed by atoms with Crippen LogP contribution >= 0.6 is 11.3 Å². The highest BCUT2D eigenvalue weighted by Gasteiger charge is 2.09. The summed E-state index contributed by atoms with van der Waals surface area (Å²) in [5, 5.41) is 11.0. The Morgan fingerprint density at radius 3 is 3.00 bits per heavy atom. The summed E-state index contributed by atoms with van der Waals surface area (Å²) in [6, 6.07) is -0.0125. The number of aromatic nitrogens is 1. The molecule has 1 unspecified atom stereocenters. The molecule has 5 nitrogen and oxygen atoms in total. The normalized spacial score (nSPS) is 12.2. The van der Waals surface area contributed by atoms with Crippen LogP contribution in [0.1, 0.15) is 25.6 Å². The van der Waals surface area contributed by atoms with Crippen LogP contribution < -0.4 is 16.0 Å². The first-order chi connectivity index (χ1) is 7.17. The van der Waals surface area contributed by atoms with Crippen LogP contribution in [0, 0.1) is 0 Å². The van der Waals surface area contributed by atoms with Gasteiger partial charge in [-0.2, -0.15) is 0 Å². The third-order valence-electron chi connectivity index (χ3n) is 1.96. The van der Waals surface area contributed by atoms with Gasteiger partial charge in [0.2, 0.25) is 0 Å². The highest BCUT2D eigenvalue weighted by Crippen LogP contribution is 2.19. The lowest BCUT2D eigenvalue weighted by Crippen LogP contribution is -2.28. The Balaban J connectivity index is 2.56. The smallest absolute Gasteiger partial charge is 0.321 e. The van der Waals surface area contributed by atoms with Gasteiger partial charge in [0.15, 0.2) is 5.13 Å². The molecule has 1 aromatic heterocycles. The number of rotatable bonds is 4. The van der Waals surface area contributed by atoms with E-state index in [-0.39, 0.29) is 12.1 Å². The number of hydrogen-bond acceptors (Lipinski definition) is 4. The minimum atomic E-state index is -0.212. The third-order valence-corrected chi connectivity index (χ3v) is 2.73. The zero-order valence-electron chi connectivity index (χ0n) is 9.13. The molecule has 0 aliphatic heterocycles. The van der Waals surface area contributed by atoms with Crippen LogP contribution in [0.2, 0.25) is 0 Å². The SMILES string of the molecule is CCNC(=O)Nc1nc(C(C)NC)cs1. The van der Waals surface area contributed by atoms with Crippen molar-refractivity contribution in [1.29, 1.82) is 0 Å². The summed E-state index contributed by atoms with van der Waals surface area (Å²) in [5.74, 6) is 0. The molecule has 1 aromatic rings. The van der Waals surface area contributed by atoms with E-state index in [1.165, 1.54) is 11.3 Å². The molecule has 2 amide bonds. The minimum Gasteiger partial charge on any atom is -0.338 e. The first-order valence-electron chi connectivity index (χ1n) is 4.85. The van der Waals surface area contributed by atoms with Crippen LogP contribution in [0.5, 0.6) is 0 Å². The largest absolute Gasteiger partial charge is 0.338 e. The number of nitrogens with zero attached hydrogens (tertiary/aromatic N) is 1. The van der Waals surface area contributed by atoms with E-state index < -0.39 is 0 Å². The van der Waals surface area contributed by atoms with Crippen molar-refractivity contribution < 1.29 is 4.79 Å². The number of hydrogen-bond donors (Lipinski definition) is 3. The minimum absolute atomic E-state index is 0.200. The second kappa shape index (κ2) is 5.67. The molecule has 0 saturated heterocycles. The standard InChI is InChI=1S/C9H16N4OS/c1-4-11-8(14)13-9-12-7(5-15-9)6(2)10-3/h5-6,10H,4H2,1-3H3,(H2,11,12,13,14). The molecule has 84 valence electrons. The number of carbonyl (C=O) groups excluding carboxylic acids is 1. The van der Waals surface area contributed by atoms with Gasteiger partial charge in [-0.3, -0.25) is 5.32 Å². The van der Waals surface area contributed by atoms with Crippen molar-refractivity contribution in [3.05, 3.63) is 11.1 Å². The molecule has 1 atom stereocenters. The second-order valence-electron chi connectivity index (χ2n) is 3.07. The zero-order valence-corrected chi connectivity index (χ0v) is 9.94. The molecule has 1 rings (SSSR count). The van der Waals surface area contributed by atoms with E-state index in [0.29, 0.717) is 11.7 Å². The van der Waals surface area contributed by atoms with Crippen LogP contribution in [-0.2, 0) is 0 Å². The third kappa shape index (κ3) is 3.49. The van der Waals surface area contributed by atoms with Gasteiger partial charge in [-0.15, -0.1) is 11.3 Å². The number of anilines is 1. The number of thiazole rings is 1. The van der Waals surface area contributed by atoms with Crippen molar-refractivity contribution in [1.82, 2.24) is 15.6 Å². The fraction of sp³-hybridized carbons (Fsp3) is 0.556. The Morgan fingerprint density at radius 1 is 1.67 bits per heavy atom. The molecule has 0 saturated carbocycles. The van der Waals surface area contributed by atoms with Crippen LogP contribution in [0.4, 0.5) is 9.93 Å². The summed E-state index contributed by atoms with van der Waals surface area (Å²) in [7, 11) is 1.88. The predicted molar refractivity (Wildman–Crippen MR) is 62.3 cm³/mol. The maximum Gasteiger partial charge on any atom is 0.321 e. The molecule has 0 aliphatic carbocycles. The Labute approximate surface area is 93.3 Å². The highest BCUT2D eigenvalue weighted by atomic mass is 32.1. The fourth-order valence-electron chi connectivity index (χ4n) is 0.992. The van der Waals surface area contributed by atoms with E-state index in [4.69, 9.17) is 0 Å². The molecule has 15 heavy (non-hydrogen) atoms. The molecule has 3 N–H and O–H groups in total. The number of carbonyl (C=O) groups is 1. The van der Waals surface area contributed by atoms with Crippen molar-refractivity contribution in [2.24, 2.45) is 0 Å². The Kier molecular flexibility index (Phi) is 4.51. The van der Waals surface area contributed by atoms with E-state index in [2.05, 4.69) is 20.9 Å². The van der Waals surface area contributed by atoms with Gasteiger partial charge >= 0.3 is 6.03 Å². The highest BCUT2D eigenvalue weighted by molar-refractivity contribution is 7.13. The lowest BCUT2D eigenvalue weighted by molar-refractivity contribution is 0.252. The summed E-state index contributed by atoms with van der Waals surface area (Å²) in [4.78, 5) is 15.5. The van der Waals surface area contributed by atoms with Gasteiger partial charge in [-0.25, -0.2) is 9.78 Å². The fourth-order valence-corrected chi connectivity index (χ4v) is 1.79. The van der Waals surface area contributed by atoms with Gasteiger partial charge in [-0.1, -0.05) is 0 Å². The lowest BCUT2D eigenvalue weighted by Gasteiger charge is -2.05.